The van der Waals surface area contributed by atoms with Crippen LogP contribution in [0.15, 0.2) is 24.3 Å². The lowest BCUT2D eigenvalue weighted by Crippen LogP contribution is -2.46. The molecule has 2 aliphatic rings. The van der Waals surface area contributed by atoms with E-state index in [4.69, 9.17) is 0 Å². The van der Waals surface area contributed by atoms with Gasteiger partial charge in [0.05, 0.1) is 12.1 Å². The molecule has 3 atom stereocenters. The third-order valence-corrected chi connectivity index (χ3v) is 4.38. The summed E-state index contributed by atoms with van der Waals surface area (Å²) in [5.74, 6) is -0.417. The summed E-state index contributed by atoms with van der Waals surface area (Å²) in [4.78, 5) is 14.1. The second kappa shape index (κ2) is 9.68. The zero-order valence-corrected chi connectivity index (χ0v) is 15.9. The standard InChI is InChI=1S/C16H20F3N3O3.2ClH/c17-16(18,19)25-13-3-1-2-11(6-13)22-5-4-10(9-22)21-15(24)14-7-12(23)8-20-14;;/h1-3,6,10,12,14,20,23H,4-5,7-9H2,(H,21,24);2*1H. The molecule has 0 saturated carbocycles. The van der Waals surface area contributed by atoms with Gasteiger partial charge in [-0.2, -0.15) is 0 Å². The number of rotatable bonds is 4. The van der Waals surface area contributed by atoms with Crippen molar-refractivity contribution in [2.75, 3.05) is 24.5 Å². The van der Waals surface area contributed by atoms with Crippen molar-refractivity contribution in [1.29, 1.82) is 0 Å². The monoisotopic (exact) mass is 431 g/mol. The first-order chi connectivity index (χ1) is 11.8. The molecule has 154 valence electrons. The van der Waals surface area contributed by atoms with E-state index in [-0.39, 0.29) is 42.5 Å². The number of aliphatic hydroxyl groups is 1. The first-order valence-electron chi connectivity index (χ1n) is 8.13. The first-order valence-corrected chi connectivity index (χ1v) is 8.13. The molecule has 2 heterocycles. The van der Waals surface area contributed by atoms with Gasteiger partial charge in [0.2, 0.25) is 5.91 Å². The van der Waals surface area contributed by atoms with Crippen LogP contribution in [-0.4, -0.2) is 55.2 Å². The molecule has 1 aromatic rings. The summed E-state index contributed by atoms with van der Waals surface area (Å²) in [6.07, 6.45) is -4.14. The fourth-order valence-electron chi connectivity index (χ4n) is 3.21. The van der Waals surface area contributed by atoms with E-state index in [2.05, 4.69) is 15.4 Å². The highest BCUT2D eigenvalue weighted by Crippen LogP contribution is 2.28. The zero-order chi connectivity index (χ0) is 18.0. The number of alkyl halides is 3. The zero-order valence-electron chi connectivity index (χ0n) is 14.2. The number of aliphatic hydroxyl groups excluding tert-OH is 1. The summed E-state index contributed by atoms with van der Waals surface area (Å²) in [5, 5.41) is 15.3. The maximum absolute atomic E-state index is 12.3. The number of hydrogen-bond acceptors (Lipinski definition) is 5. The molecule has 0 spiro atoms. The Bertz CT molecular complexity index is 636. The van der Waals surface area contributed by atoms with Crippen LogP contribution in [0.3, 0.4) is 0 Å². The highest BCUT2D eigenvalue weighted by atomic mass is 35.5. The molecule has 0 aromatic heterocycles. The second-order valence-electron chi connectivity index (χ2n) is 6.34. The Hall–Kier alpha value is -1.42. The topological polar surface area (TPSA) is 73.8 Å². The molecule has 0 bridgehead atoms. The highest BCUT2D eigenvalue weighted by molar-refractivity contribution is 5.85. The van der Waals surface area contributed by atoms with Crippen LogP contribution < -0.4 is 20.3 Å². The van der Waals surface area contributed by atoms with Gasteiger partial charge in [-0.05, 0) is 25.0 Å². The largest absolute Gasteiger partial charge is 0.573 e. The van der Waals surface area contributed by atoms with Crippen molar-refractivity contribution in [3.8, 4) is 5.75 Å². The van der Waals surface area contributed by atoms with Gasteiger partial charge < -0.3 is 25.4 Å². The Kier molecular flexibility index (Phi) is 8.47. The number of halogens is 5. The molecule has 27 heavy (non-hydrogen) atoms. The first kappa shape index (κ1) is 23.6. The summed E-state index contributed by atoms with van der Waals surface area (Å²) in [7, 11) is 0. The van der Waals surface area contributed by atoms with Crippen molar-refractivity contribution >= 4 is 36.4 Å². The fourth-order valence-corrected chi connectivity index (χ4v) is 3.21. The molecule has 6 nitrogen and oxygen atoms in total. The molecule has 1 amide bonds. The van der Waals surface area contributed by atoms with Crippen LogP contribution in [0.4, 0.5) is 18.9 Å². The van der Waals surface area contributed by atoms with Crippen LogP contribution in [0.1, 0.15) is 12.8 Å². The molecule has 11 heteroatoms. The number of amides is 1. The number of carbonyl (C=O) groups is 1. The van der Waals surface area contributed by atoms with Crippen LogP contribution in [0.5, 0.6) is 5.75 Å². The van der Waals surface area contributed by atoms with Gasteiger partial charge in [-0.1, -0.05) is 6.07 Å². The Morgan fingerprint density at radius 3 is 2.70 bits per heavy atom. The van der Waals surface area contributed by atoms with E-state index in [0.717, 1.165) is 0 Å². The van der Waals surface area contributed by atoms with Crippen LogP contribution in [-0.2, 0) is 4.79 Å². The Balaban J connectivity index is 0.00000182. The molecule has 1 aromatic carbocycles. The normalized spacial score (nSPS) is 24.7. The molecule has 3 N–H and O–H groups in total. The van der Waals surface area contributed by atoms with Crippen LogP contribution >= 0.6 is 24.8 Å². The minimum Gasteiger partial charge on any atom is -0.406 e. The minimum absolute atomic E-state index is 0. The Labute approximate surface area is 167 Å². The maximum atomic E-state index is 12.3. The number of nitrogens with zero attached hydrogens (tertiary/aromatic N) is 1. The van der Waals surface area contributed by atoms with Gasteiger partial charge in [-0.15, -0.1) is 38.0 Å². The van der Waals surface area contributed by atoms with Crippen LogP contribution in [0.25, 0.3) is 0 Å². The summed E-state index contributed by atoms with van der Waals surface area (Å²) in [6, 6.07) is 5.33. The van der Waals surface area contributed by atoms with Gasteiger partial charge in [0.15, 0.2) is 0 Å². The summed E-state index contributed by atoms with van der Waals surface area (Å²) >= 11 is 0. The number of ether oxygens (including phenoxy) is 1. The third kappa shape index (κ3) is 6.60. The number of benzene rings is 1. The van der Waals surface area contributed by atoms with E-state index < -0.39 is 18.5 Å². The quantitative estimate of drug-likeness (QED) is 0.678. The molecule has 3 unspecified atom stereocenters. The number of anilines is 1. The SMILES string of the molecule is Cl.Cl.O=C(NC1CCN(c2cccc(OC(F)(F)F)c2)C1)C1CC(O)CN1. The summed E-state index contributed by atoms with van der Waals surface area (Å²) in [6.45, 7) is 1.54. The molecule has 2 saturated heterocycles. The average Bonchev–Trinajstić information content (AvgIpc) is 3.15. The lowest BCUT2D eigenvalue weighted by atomic mass is 10.1. The van der Waals surface area contributed by atoms with Crippen molar-refractivity contribution in [2.45, 2.75) is 37.4 Å². The molecule has 2 fully saturated rings. The lowest BCUT2D eigenvalue weighted by Gasteiger charge is -2.21. The summed E-state index contributed by atoms with van der Waals surface area (Å²) < 4.78 is 40.9. The van der Waals surface area contributed by atoms with E-state index in [9.17, 15) is 23.1 Å². The maximum Gasteiger partial charge on any atom is 0.573 e. The Morgan fingerprint density at radius 2 is 2.07 bits per heavy atom. The van der Waals surface area contributed by atoms with Crippen molar-refractivity contribution < 1.29 is 27.8 Å². The second-order valence-corrected chi connectivity index (χ2v) is 6.34. The smallest absolute Gasteiger partial charge is 0.406 e. The lowest BCUT2D eigenvalue weighted by molar-refractivity contribution is -0.274. The highest BCUT2D eigenvalue weighted by Gasteiger charge is 2.33. The predicted octanol–water partition coefficient (Wildman–Crippen LogP) is 1.85. The third-order valence-electron chi connectivity index (χ3n) is 4.38. The number of hydrogen-bond donors (Lipinski definition) is 3. The number of nitrogens with one attached hydrogen (secondary N) is 2. The average molecular weight is 432 g/mol. The summed E-state index contributed by atoms with van der Waals surface area (Å²) in [5.41, 5.74) is 0.618. The van der Waals surface area contributed by atoms with Crippen LogP contribution in [0, 0.1) is 0 Å². The van der Waals surface area contributed by atoms with E-state index >= 15 is 0 Å². The van der Waals surface area contributed by atoms with Gasteiger partial charge in [0.1, 0.15) is 5.75 Å². The number of β-amino-alcohol motifs (C(OH)–C–C–N with tert-alkyl or cyclic N) is 1. The van der Waals surface area contributed by atoms with Gasteiger partial charge in [-0.25, -0.2) is 0 Å². The van der Waals surface area contributed by atoms with Crippen molar-refractivity contribution in [3.05, 3.63) is 24.3 Å². The van der Waals surface area contributed by atoms with Gasteiger partial charge in [0, 0.05) is 37.4 Å². The molecule has 2 aliphatic heterocycles. The van der Waals surface area contributed by atoms with E-state index in [1.807, 2.05) is 4.90 Å². The molecular formula is C16H22Cl2F3N3O3. The van der Waals surface area contributed by atoms with E-state index in [1.54, 1.807) is 6.07 Å². The molecular weight excluding hydrogens is 410 g/mol. The molecule has 0 aliphatic carbocycles. The van der Waals surface area contributed by atoms with Gasteiger partial charge in [-0.3, -0.25) is 4.79 Å². The van der Waals surface area contributed by atoms with Crippen LogP contribution in [0.2, 0.25) is 0 Å². The van der Waals surface area contributed by atoms with E-state index in [0.29, 0.717) is 38.2 Å². The van der Waals surface area contributed by atoms with Crippen molar-refractivity contribution in [1.82, 2.24) is 10.6 Å². The molecule has 3 rings (SSSR count). The van der Waals surface area contributed by atoms with Crippen molar-refractivity contribution in [3.63, 3.8) is 0 Å². The molecule has 0 radical (unpaired) electrons. The predicted molar refractivity (Wildman–Crippen MR) is 98.8 cm³/mol. The minimum atomic E-state index is -4.72. The number of carbonyl (C=O) groups excluding carboxylic acids is 1. The fraction of sp³-hybridized carbons (Fsp3) is 0.562. The van der Waals surface area contributed by atoms with Crippen molar-refractivity contribution in [2.24, 2.45) is 0 Å². The van der Waals surface area contributed by atoms with E-state index in [1.165, 1.54) is 18.2 Å². The van der Waals surface area contributed by atoms with Gasteiger partial charge in [0.25, 0.3) is 0 Å². The van der Waals surface area contributed by atoms with Gasteiger partial charge >= 0.3 is 6.36 Å². The Morgan fingerprint density at radius 1 is 1.33 bits per heavy atom.